The standard InChI is InChI=1S/C21H24N2O4/c1-3-19(27-18-7-4-6-17(14-18)26-2)21(25)22-15-9-11-16(12-10-15)23-13-5-8-20(23)24/h4,6-7,9-12,14,19H,3,5,8,13H2,1-2H3,(H,22,25)/t19-/m0/s1. The van der Waals surface area contributed by atoms with E-state index in [-0.39, 0.29) is 11.8 Å². The molecule has 1 aliphatic rings. The molecule has 27 heavy (non-hydrogen) atoms. The number of hydrogen-bond acceptors (Lipinski definition) is 4. The van der Waals surface area contributed by atoms with E-state index in [4.69, 9.17) is 9.47 Å². The van der Waals surface area contributed by atoms with Crippen LogP contribution in [0.2, 0.25) is 0 Å². The minimum atomic E-state index is -0.614. The van der Waals surface area contributed by atoms with Crippen molar-refractivity contribution < 1.29 is 19.1 Å². The minimum Gasteiger partial charge on any atom is -0.497 e. The summed E-state index contributed by atoms with van der Waals surface area (Å²) in [6.45, 7) is 2.64. The number of carbonyl (C=O) groups excluding carboxylic acids is 2. The van der Waals surface area contributed by atoms with Gasteiger partial charge in [-0.3, -0.25) is 9.59 Å². The van der Waals surface area contributed by atoms with Gasteiger partial charge in [-0.1, -0.05) is 13.0 Å². The smallest absolute Gasteiger partial charge is 0.265 e. The molecule has 0 aromatic heterocycles. The van der Waals surface area contributed by atoms with Gasteiger partial charge in [0.15, 0.2) is 6.10 Å². The van der Waals surface area contributed by atoms with E-state index in [0.717, 1.165) is 18.7 Å². The van der Waals surface area contributed by atoms with Crippen molar-refractivity contribution in [2.24, 2.45) is 0 Å². The Kier molecular flexibility index (Phi) is 5.96. The van der Waals surface area contributed by atoms with Crippen LogP contribution in [0.1, 0.15) is 26.2 Å². The van der Waals surface area contributed by atoms with Crippen molar-refractivity contribution in [1.82, 2.24) is 0 Å². The molecule has 0 saturated carbocycles. The number of rotatable bonds is 7. The summed E-state index contributed by atoms with van der Waals surface area (Å²) in [4.78, 5) is 26.1. The average Bonchev–Trinajstić information content (AvgIpc) is 3.12. The van der Waals surface area contributed by atoms with Gasteiger partial charge in [-0.2, -0.15) is 0 Å². The molecule has 0 unspecified atom stereocenters. The molecule has 6 nitrogen and oxygen atoms in total. The van der Waals surface area contributed by atoms with E-state index in [0.29, 0.717) is 30.0 Å². The molecule has 0 aliphatic carbocycles. The Morgan fingerprint density at radius 2 is 1.93 bits per heavy atom. The van der Waals surface area contributed by atoms with Gasteiger partial charge in [0.25, 0.3) is 5.91 Å². The second-order valence-corrected chi connectivity index (χ2v) is 6.38. The predicted molar refractivity (Wildman–Crippen MR) is 104 cm³/mol. The largest absolute Gasteiger partial charge is 0.497 e. The number of ether oxygens (including phenoxy) is 2. The molecule has 2 amide bonds. The molecule has 1 aliphatic heterocycles. The molecular formula is C21H24N2O4. The number of hydrogen-bond donors (Lipinski definition) is 1. The average molecular weight is 368 g/mol. The lowest BCUT2D eigenvalue weighted by Gasteiger charge is -2.19. The summed E-state index contributed by atoms with van der Waals surface area (Å²) in [5, 5.41) is 2.87. The fraction of sp³-hybridized carbons (Fsp3) is 0.333. The van der Waals surface area contributed by atoms with Crippen LogP contribution in [0.15, 0.2) is 48.5 Å². The molecule has 3 rings (SSSR count). The van der Waals surface area contributed by atoms with Crippen LogP contribution in [0.5, 0.6) is 11.5 Å². The Hall–Kier alpha value is -3.02. The maximum absolute atomic E-state index is 12.6. The van der Waals surface area contributed by atoms with E-state index in [9.17, 15) is 9.59 Å². The van der Waals surface area contributed by atoms with Crippen LogP contribution >= 0.6 is 0 Å². The number of benzene rings is 2. The van der Waals surface area contributed by atoms with Crippen LogP contribution in [0, 0.1) is 0 Å². The quantitative estimate of drug-likeness (QED) is 0.811. The molecule has 1 saturated heterocycles. The van der Waals surface area contributed by atoms with Crippen molar-refractivity contribution in [2.75, 3.05) is 23.9 Å². The van der Waals surface area contributed by atoms with Crippen LogP contribution in [0.3, 0.4) is 0 Å². The molecule has 1 atom stereocenters. The Morgan fingerprint density at radius 1 is 1.19 bits per heavy atom. The molecule has 0 spiro atoms. The summed E-state index contributed by atoms with van der Waals surface area (Å²) in [6, 6.07) is 14.5. The Labute approximate surface area is 159 Å². The first kappa shape index (κ1) is 18.8. The fourth-order valence-electron chi connectivity index (χ4n) is 3.03. The summed E-state index contributed by atoms with van der Waals surface area (Å²) in [6.07, 6.45) is 1.40. The van der Waals surface area contributed by atoms with Crippen molar-refractivity contribution in [1.29, 1.82) is 0 Å². The van der Waals surface area contributed by atoms with Crippen LogP contribution in [-0.4, -0.2) is 31.6 Å². The molecule has 1 N–H and O–H groups in total. The Balaban J connectivity index is 1.63. The molecule has 0 bridgehead atoms. The van der Waals surface area contributed by atoms with Crippen molar-refractivity contribution >= 4 is 23.2 Å². The molecule has 142 valence electrons. The highest BCUT2D eigenvalue weighted by molar-refractivity contribution is 5.97. The van der Waals surface area contributed by atoms with E-state index in [2.05, 4.69) is 5.32 Å². The van der Waals surface area contributed by atoms with Gasteiger partial charge in [0.1, 0.15) is 11.5 Å². The molecule has 2 aromatic carbocycles. The maximum atomic E-state index is 12.6. The number of nitrogens with zero attached hydrogens (tertiary/aromatic N) is 1. The van der Waals surface area contributed by atoms with Gasteiger partial charge in [-0.05, 0) is 49.2 Å². The number of anilines is 2. The molecule has 6 heteroatoms. The fourth-order valence-corrected chi connectivity index (χ4v) is 3.03. The first-order valence-electron chi connectivity index (χ1n) is 9.12. The number of methoxy groups -OCH3 is 1. The molecule has 1 heterocycles. The van der Waals surface area contributed by atoms with Crippen LogP contribution in [-0.2, 0) is 9.59 Å². The predicted octanol–water partition coefficient (Wildman–Crippen LogP) is 3.62. The summed E-state index contributed by atoms with van der Waals surface area (Å²) >= 11 is 0. The first-order valence-corrected chi connectivity index (χ1v) is 9.12. The van der Waals surface area contributed by atoms with Crippen molar-refractivity contribution in [3.63, 3.8) is 0 Å². The van der Waals surface area contributed by atoms with Crippen LogP contribution in [0.25, 0.3) is 0 Å². The molecular weight excluding hydrogens is 344 g/mol. The molecule has 2 aromatic rings. The third-order valence-corrected chi connectivity index (χ3v) is 4.50. The van der Waals surface area contributed by atoms with Crippen LogP contribution < -0.4 is 19.7 Å². The summed E-state index contributed by atoms with van der Waals surface area (Å²) in [7, 11) is 1.59. The van der Waals surface area contributed by atoms with Crippen LogP contribution in [0.4, 0.5) is 11.4 Å². The van der Waals surface area contributed by atoms with Gasteiger partial charge in [0, 0.05) is 30.4 Å². The zero-order valence-corrected chi connectivity index (χ0v) is 15.6. The lowest BCUT2D eigenvalue weighted by atomic mass is 10.2. The monoisotopic (exact) mass is 368 g/mol. The van der Waals surface area contributed by atoms with Gasteiger partial charge in [0.2, 0.25) is 5.91 Å². The van der Waals surface area contributed by atoms with E-state index in [1.165, 1.54) is 0 Å². The summed E-state index contributed by atoms with van der Waals surface area (Å²) < 4.78 is 11.0. The maximum Gasteiger partial charge on any atom is 0.265 e. The van der Waals surface area contributed by atoms with Gasteiger partial charge in [0.05, 0.1) is 7.11 Å². The van der Waals surface area contributed by atoms with E-state index in [1.54, 1.807) is 36.3 Å². The van der Waals surface area contributed by atoms with Gasteiger partial charge in [-0.25, -0.2) is 0 Å². The van der Waals surface area contributed by atoms with E-state index >= 15 is 0 Å². The van der Waals surface area contributed by atoms with Gasteiger partial charge < -0.3 is 19.7 Å². The highest BCUT2D eigenvalue weighted by Gasteiger charge is 2.22. The van der Waals surface area contributed by atoms with Gasteiger partial charge in [-0.15, -0.1) is 0 Å². The third kappa shape index (κ3) is 4.58. The second-order valence-electron chi connectivity index (χ2n) is 6.38. The van der Waals surface area contributed by atoms with Crippen molar-refractivity contribution in [3.8, 4) is 11.5 Å². The zero-order valence-electron chi connectivity index (χ0n) is 15.6. The summed E-state index contributed by atoms with van der Waals surface area (Å²) in [5.74, 6) is 1.18. The molecule has 1 fully saturated rings. The topological polar surface area (TPSA) is 67.9 Å². The number of amides is 2. The number of carbonyl (C=O) groups is 2. The van der Waals surface area contributed by atoms with Crippen molar-refractivity contribution in [2.45, 2.75) is 32.3 Å². The highest BCUT2D eigenvalue weighted by Crippen LogP contribution is 2.24. The van der Waals surface area contributed by atoms with Gasteiger partial charge >= 0.3 is 0 Å². The normalized spacial score (nSPS) is 14.7. The SMILES string of the molecule is CC[C@H](Oc1cccc(OC)c1)C(=O)Nc1ccc(N2CCCC2=O)cc1. The number of nitrogens with one attached hydrogen (secondary N) is 1. The Bertz CT molecular complexity index is 804. The summed E-state index contributed by atoms with van der Waals surface area (Å²) in [5.41, 5.74) is 1.53. The lowest BCUT2D eigenvalue weighted by molar-refractivity contribution is -0.122. The van der Waals surface area contributed by atoms with E-state index in [1.807, 2.05) is 31.2 Å². The highest BCUT2D eigenvalue weighted by atomic mass is 16.5. The lowest BCUT2D eigenvalue weighted by Crippen LogP contribution is -2.32. The Morgan fingerprint density at radius 3 is 2.56 bits per heavy atom. The van der Waals surface area contributed by atoms with Crippen molar-refractivity contribution in [3.05, 3.63) is 48.5 Å². The second kappa shape index (κ2) is 8.58. The minimum absolute atomic E-state index is 0.143. The first-order chi connectivity index (χ1) is 13.1. The zero-order chi connectivity index (χ0) is 19.2. The van der Waals surface area contributed by atoms with E-state index < -0.39 is 6.10 Å². The molecule has 0 radical (unpaired) electrons. The third-order valence-electron chi connectivity index (χ3n) is 4.50.